The molecule has 2 unspecified atom stereocenters. The predicted octanol–water partition coefficient (Wildman–Crippen LogP) is 2.36. The maximum absolute atomic E-state index is 13.5. The lowest BCUT2D eigenvalue weighted by atomic mass is 10.1. The number of nitrogens with one attached hydrogen (secondary N) is 2. The SMILES string of the molecule is CC(OC(=O)CNC(=O)c1ccccc1F)C(=O)NC(C)c1ccccc1. The van der Waals surface area contributed by atoms with Gasteiger partial charge in [0.2, 0.25) is 0 Å². The molecule has 2 rings (SSSR count). The Morgan fingerprint density at radius 1 is 1.00 bits per heavy atom. The molecule has 0 bridgehead atoms. The van der Waals surface area contributed by atoms with Gasteiger partial charge >= 0.3 is 5.97 Å². The molecule has 27 heavy (non-hydrogen) atoms. The van der Waals surface area contributed by atoms with Gasteiger partial charge in [-0.15, -0.1) is 0 Å². The average molecular weight is 372 g/mol. The summed E-state index contributed by atoms with van der Waals surface area (Å²) in [6.07, 6.45) is -1.03. The number of halogens is 1. The number of ether oxygens (including phenoxy) is 1. The zero-order valence-corrected chi connectivity index (χ0v) is 15.1. The fourth-order valence-electron chi connectivity index (χ4n) is 2.34. The van der Waals surface area contributed by atoms with E-state index in [-0.39, 0.29) is 11.6 Å². The molecule has 0 spiro atoms. The van der Waals surface area contributed by atoms with Crippen LogP contribution in [0.5, 0.6) is 0 Å². The molecule has 0 fully saturated rings. The maximum Gasteiger partial charge on any atom is 0.326 e. The van der Waals surface area contributed by atoms with Crippen LogP contribution in [0.1, 0.15) is 35.8 Å². The number of hydrogen-bond acceptors (Lipinski definition) is 4. The highest BCUT2D eigenvalue weighted by molar-refractivity contribution is 5.96. The van der Waals surface area contributed by atoms with E-state index >= 15 is 0 Å². The summed E-state index contributed by atoms with van der Waals surface area (Å²) in [6.45, 7) is 2.78. The smallest absolute Gasteiger partial charge is 0.326 e. The van der Waals surface area contributed by atoms with E-state index in [1.54, 1.807) is 0 Å². The molecule has 2 atom stereocenters. The van der Waals surface area contributed by atoms with Crippen LogP contribution in [0.4, 0.5) is 4.39 Å². The summed E-state index contributed by atoms with van der Waals surface area (Å²) in [6, 6.07) is 14.5. The maximum atomic E-state index is 13.5. The zero-order valence-electron chi connectivity index (χ0n) is 15.1. The van der Waals surface area contributed by atoms with Gasteiger partial charge in [-0.2, -0.15) is 0 Å². The molecular formula is C20H21FN2O4. The van der Waals surface area contributed by atoms with Gasteiger partial charge in [-0.1, -0.05) is 42.5 Å². The fraction of sp³-hybridized carbons (Fsp3) is 0.250. The molecule has 7 heteroatoms. The van der Waals surface area contributed by atoms with Crippen molar-refractivity contribution in [3.63, 3.8) is 0 Å². The molecule has 2 aromatic carbocycles. The van der Waals surface area contributed by atoms with E-state index in [1.807, 2.05) is 37.3 Å². The molecule has 0 saturated carbocycles. The molecule has 0 aromatic heterocycles. The van der Waals surface area contributed by atoms with Gasteiger partial charge in [0.05, 0.1) is 11.6 Å². The highest BCUT2D eigenvalue weighted by Crippen LogP contribution is 2.11. The van der Waals surface area contributed by atoms with Crippen molar-refractivity contribution in [3.8, 4) is 0 Å². The van der Waals surface area contributed by atoms with E-state index in [0.29, 0.717) is 0 Å². The minimum atomic E-state index is -1.03. The first-order valence-electron chi connectivity index (χ1n) is 8.46. The number of carbonyl (C=O) groups is 3. The first-order valence-corrected chi connectivity index (χ1v) is 8.46. The van der Waals surface area contributed by atoms with E-state index in [0.717, 1.165) is 11.6 Å². The molecule has 0 radical (unpaired) electrons. The van der Waals surface area contributed by atoms with Crippen molar-refractivity contribution in [2.24, 2.45) is 0 Å². The van der Waals surface area contributed by atoms with Crippen molar-refractivity contribution in [3.05, 3.63) is 71.5 Å². The van der Waals surface area contributed by atoms with Gasteiger partial charge in [0.25, 0.3) is 11.8 Å². The molecule has 2 amide bonds. The second-order valence-electron chi connectivity index (χ2n) is 5.94. The Morgan fingerprint density at radius 3 is 2.30 bits per heavy atom. The van der Waals surface area contributed by atoms with Gasteiger partial charge in [-0.25, -0.2) is 4.39 Å². The van der Waals surface area contributed by atoms with Gasteiger partial charge in [-0.3, -0.25) is 14.4 Å². The first-order chi connectivity index (χ1) is 12.9. The third-order valence-electron chi connectivity index (χ3n) is 3.85. The van der Waals surface area contributed by atoms with Crippen LogP contribution < -0.4 is 10.6 Å². The van der Waals surface area contributed by atoms with Crippen molar-refractivity contribution in [1.29, 1.82) is 0 Å². The van der Waals surface area contributed by atoms with Crippen molar-refractivity contribution in [2.75, 3.05) is 6.54 Å². The van der Waals surface area contributed by atoms with Crippen LogP contribution >= 0.6 is 0 Å². The second kappa shape index (κ2) is 9.47. The summed E-state index contributed by atoms with van der Waals surface area (Å²) in [4.78, 5) is 35.8. The number of benzene rings is 2. The van der Waals surface area contributed by atoms with E-state index in [9.17, 15) is 18.8 Å². The van der Waals surface area contributed by atoms with Gasteiger partial charge < -0.3 is 15.4 Å². The summed E-state index contributed by atoms with van der Waals surface area (Å²) in [7, 11) is 0. The van der Waals surface area contributed by atoms with Gasteiger partial charge in [-0.05, 0) is 31.5 Å². The first kappa shape index (κ1) is 20.1. The number of carbonyl (C=O) groups excluding carboxylic acids is 3. The standard InChI is InChI=1S/C20H21FN2O4/c1-13(15-8-4-3-5-9-15)23-19(25)14(2)27-18(24)12-22-20(26)16-10-6-7-11-17(16)21/h3-11,13-14H,12H2,1-2H3,(H,22,26)(H,23,25). The zero-order chi connectivity index (χ0) is 19.8. The van der Waals surface area contributed by atoms with Crippen LogP contribution in [0.2, 0.25) is 0 Å². The highest BCUT2D eigenvalue weighted by Gasteiger charge is 2.20. The van der Waals surface area contributed by atoms with Crippen molar-refractivity contribution >= 4 is 17.8 Å². The normalized spacial score (nSPS) is 12.6. The Morgan fingerprint density at radius 2 is 1.63 bits per heavy atom. The highest BCUT2D eigenvalue weighted by atomic mass is 19.1. The number of esters is 1. The molecular weight excluding hydrogens is 351 g/mol. The third-order valence-corrected chi connectivity index (χ3v) is 3.85. The molecule has 0 aliphatic heterocycles. The summed E-state index contributed by atoms with van der Waals surface area (Å²) >= 11 is 0. The van der Waals surface area contributed by atoms with Gasteiger partial charge in [0.15, 0.2) is 6.10 Å². The Hall–Kier alpha value is -3.22. The lowest BCUT2D eigenvalue weighted by molar-refractivity contribution is -0.154. The molecule has 0 saturated heterocycles. The number of amides is 2. The lowest BCUT2D eigenvalue weighted by Gasteiger charge is -2.18. The van der Waals surface area contributed by atoms with Crippen molar-refractivity contribution < 1.29 is 23.5 Å². The van der Waals surface area contributed by atoms with Crippen LogP contribution in [0.25, 0.3) is 0 Å². The summed E-state index contributed by atoms with van der Waals surface area (Å²) < 4.78 is 18.5. The van der Waals surface area contributed by atoms with Crippen LogP contribution in [-0.4, -0.2) is 30.4 Å². The summed E-state index contributed by atoms with van der Waals surface area (Å²) in [5, 5.41) is 5.01. The minimum absolute atomic E-state index is 0.173. The predicted molar refractivity (Wildman–Crippen MR) is 97.3 cm³/mol. The molecule has 0 aliphatic rings. The lowest BCUT2D eigenvalue weighted by Crippen LogP contribution is -2.39. The van der Waals surface area contributed by atoms with E-state index in [4.69, 9.17) is 4.74 Å². The molecule has 142 valence electrons. The number of hydrogen-bond donors (Lipinski definition) is 2. The second-order valence-corrected chi connectivity index (χ2v) is 5.94. The minimum Gasteiger partial charge on any atom is -0.451 e. The van der Waals surface area contributed by atoms with E-state index in [1.165, 1.54) is 25.1 Å². The van der Waals surface area contributed by atoms with Crippen molar-refractivity contribution in [1.82, 2.24) is 10.6 Å². The largest absolute Gasteiger partial charge is 0.451 e. The summed E-state index contributed by atoms with van der Waals surface area (Å²) in [5.74, 6) is -2.68. The monoisotopic (exact) mass is 372 g/mol. The van der Waals surface area contributed by atoms with E-state index < -0.39 is 36.2 Å². The van der Waals surface area contributed by atoms with Gasteiger partial charge in [0, 0.05) is 0 Å². The Kier molecular flexibility index (Phi) is 7.05. The fourth-order valence-corrected chi connectivity index (χ4v) is 2.34. The van der Waals surface area contributed by atoms with Gasteiger partial charge in [0.1, 0.15) is 12.4 Å². The molecule has 0 aliphatic carbocycles. The quantitative estimate of drug-likeness (QED) is 0.731. The van der Waals surface area contributed by atoms with Crippen molar-refractivity contribution in [2.45, 2.75) is 26.0 Å². The Bertz CT molecular complexity index is 811. The molecule has 2 aromatic rings. The van der Waals surface area contributed by atoms with E-state index in [2.05, 4.69) is 10.6 Å². The summed E-state index contributed by atoms with van der Waals surface area (Å²) in [5.41, 5.74) is 0.745. The average Bonchev–Trinajstić information content (AvgIpc) is 2.67. The van der Waals surface area contributed by atoms with Crippen LogP contribution in [-0.2, 0) is 14.3 Å². The Labute approximate surface area is 156 Å². The molecule has 2 N–H and O–H groups in total. The molecule has 6 nitrogen and oxygen atoms in total. The molecule has 0 heterocycles. The third kappa shape index (κ3) is 5.91. The van der Waals surface area contributed by atoms with Crippen LogP contribution in [0, 0.1) is 5.82 Å². The topological polar surface area (TPSA) is 84.5 Å². The van der Waals surface area contributed by atoms with Crippen LogP contribution in [0.15, 0.2) is 54.6 Å². The Balaban J connectivity index is 1.80. The number of rotatable bonds is 7. The van der Waals surface area contributed by atoms with Crippen LogP contribution in [0.3, 0.4) is 0 Å².